The zero-order valence-corrected chi connectivity index (χ0v) is 20.6. The van der Waals surface area contributed by atoms with Crippen molar-refractivity contribution in [2.24, 2.45) is 5.92 Å². The summed E-state index contributed by atoms with van der Waals surface area (Å²) in [4.78, 5) is 0. The Morgan fingerprint density at radius 1 is 0.774 bits per heavy atom. The first-order valence-corrected chi connectivity index (χ1v) is 13.3. The number of rotatable bonds is 8. The van der Waals surface area contributed by atoms with E-state index >= 15 is 0 Å². The van der Waals surface area contributed by atoms with E-state index in [1.165, 1.54) is 64.2 Å². The molecule has 4 rings (SSSR count). The second-order valence-corrected chi connectivity index (χ2v) is 11.3. The molecule has 2 N–H and O–H groups in total. The Kier molecular flexibility index (Phi) is 7.60. The van der Waals surface area contributed by atoms with Crippen LogP contribution >= 0.6 is 0 Å². The zero-order valence-electron chi connectivity index (χ0n) is 20.6. The molecule has 0 atom stereocenters. The van der Waals surface area contributed by atoms with Gasteiger partial charge < -0.3 is 10.6 Å². The summed E-state index contributed by atoms with van der Waals surface area (Å²) in [6.45, 7) is 11.2. The van der Waals surface area contributed by atoms with Gasteiger partial charge in [0.05, 0.1) is 0 Å². The van der Waals surface area contributed by atoms with Crippen molar-refractivity contribution in [3.05, 3.63) is 41.0 Å². The highest BCUT2D eigenvalue weighted by Gasteiger charge is 2.42. The van der Waals surface area contributed by atoms with Gasteiger partial charge in [-0.15, -0.1) is 0 Å². The van der Waals surface area contributed by atoms with Crippen LogP contribution in [0.4, 0.5) is 0 Å². The van der Waals surface area contributed by atoms with Gasteiger partial charge in [0, 0.05) is 30.6 Å². The lowest BCUT2D eigenvalue weighted by Crippen LogP contribution is -2.47. The molecule has 0 bridgehead atoms. The van der Waals surface area contributed by atoms with E-state index in [4.69, 9.17) is 0 Å². The van der Waals surface area contributed by atoms with Crippen molar-refractivity contribution in [3.63, 3.8) is 0 Å². The maximum Gasteiger partial charge on any atom is 0.0393 e. The van der Waals surface area contributed by atoms with E-state index in [9.17, 15) is 0 Å². The largest absolute Gasteiger partial charge is 0.313 e. The lowest BCUT2D eigenvalue weighted by atomic mass is 9.75. The van der Waals surface area contributed by atoms with Crippen LogP contribution in [0.2, 0.25) is 0 Å². The molecule has 0 spiro atoms. The van der Waals surface area contributed by atoms with Crippen molar-refractivity contribution in [1.29, 1.82) is 0 Å². The molecule has 2 heteroatoms. The van der Waals surface area contributed by atoms with Crippen molar-refractivity contribution >= 4 is 5.57 Å². The number of benzene rings is 1. The fraction of sp³-hybridized carbons (Fsp3) is 0.724. The maximum absolute atomic E-state index is 3.83. The molecule has 0 heterocycles. The molecule has 0 aromatic heterocycles. The fourth-order valence-electron chi connectivity index (χ4n) is 6.37. The predicted octanol–water partition coefficient (Wildman–Crippen LogP) is 6.95. The number of fused-ring (bicyclic) bond motifs is 1. The second kappa shape index (κ2) is 10.2. The molecule has 1 aromatic rings. The van der Waals surface area contributed by atoms with Crippen molar-refractivity contribution in [2.75, 3.05) is 13.1 Å². The first-order valence-electron chi connectivity index (χ1n) is 13.3. The van der Waals surface area contributed by atoms with Crippen LogP contribution in [0.25, 0.3) is 5.57 Å². The van der Waals surface area contributed by atoms with Crippen molar-refractivity contribution in [1.82, 2.24) is 10.6 Å². The molecule has 0 radical (unpaired) electrons. The molecular weight excluding hydrogens is 376 g/mol. The van der Waals surface area contributed by atoms with Gasteiger partial charge in [0.1, 0.15) is 0 Å². The second-order valence-electron chi connectivity index (χ2n) is 11.3. The number of hydrogen-bond acceptors (Lipinski definition) is 2. The fourth-order valence-corrected chi connectivity index (χ4v) is 6.37. The number of hydrogen-bond donors (Lipinski definition) is 2. The van der Waals surface area contributed by atoms with E-state index in [1.54, 1.807) is 22.3 Å². The average molecular weight is 423 g/mol. The van der Waals surface area contributed by atoms with Crippen molar-refractivity contribution in [3.8, 4) is 0 Å². The van der Waals surface area contributed by atoms with Crippen LogP contribution in [0, 0.1) is 5.92 Å². The van der Waals surface area contributed by atoms with Gasteiger partial charge in [-0.05, 0) is 59.8 Å². The van der Waals surface area contributed by atoms with Crippen LogP contribution in [0.1, 0.15) is 115 Å². The highest BCUT2D eigenvalue weighted by atomic mass is 15.0. The Bertz CT molecular complexity index is 736. The van der Waals surface area contributed by atoms with E-state index in [-0.39, 0.29) is 5.41 Å². The van der Waals surface area contributed by atoms with E-state index in [0.717, 1.165) is 24.9 Å². The van der Waals surface area contributed by atoms with Gasteiger partial charge >= 0.3 is 0 Å². The van der Waals surface area contributed by atoms with Gasteiger partial charge in [0.15, 0.2) is 0 Å². The summed E-state index contributed by atoms with van der Waals surface area (Å²) in [7, 11) is 0. The van der Waals surface area contributed by atoms with E-state index < -0.39 is 0 Å². The Morgan fingerprint density at radius 2 is 1.32 bits per heavy atom. The van der Waals surface area contributed by atoms with Gasteiger partial charge in [-0.2, -0.15) is 0 Å². The summed E-state index contributed by atoms with van der Waals surface area (Å²) in [5.74, 6) is 1.53. The van der Waals surface area contributed by atoms with E-state index in [0.29, 0.717) is 12.1 Å². The summed E-state index contributed by atoms with van der Waals surface area (Å²) in [6, 6.07) is 8.35. The van der Waals surface area contributed by atoms with E-state index in [2.05, 4.69) is 62.6 Å². The molecule has 3 aliphatic carbocycles. The molecule has 2 nitrogen and oxygen atoms in total. The van der Waals surface area contributed by atoms with Crippen LogP contribution < -0.4 is 10.6 Å². The molecule has 31 heavy (non-hydrogen) atoms. The topological polar surface area (TPSA) is 24.1 Å². The van der Waals surface area contributed by atoms with E-state index in [1.807, 2.05) is 0 Å². The Labute approximate surface area is 191 Å². The summed E-state index contributed by atoms with van der Waals surface area (Å²) in [5.41, 5.74) is 6.76. The summed E-state index contributed by atoms with van der Waals surface area (Å²) in [6.07, 6.45) is 16.8. The van der Waals surface area contributed by atoms with Crippen LogP contribution in [-0.2, 0) is 5.41 Å². The van der Waals surface area contributed by atoms with Gasteiger partial charge in [-0.25, -0.2) is 0 Å². The quantitative estimate of drug-likeness (QED) is 0.474. The van der Waals surface area contributed by atoms with Gasteiger partial charge in [0.2, 0.25) is 0 Å². The lowest BCUT2D eigenvalue weighted by molar-refractivity contribution is 0.407. The van der Waals surface area contributed by atoms with Crippen LogP contribution in [-0.4, -0.2) is 25.2 Å². The molecule has 0 saturated heterocycles. The zero-order chi connectivity index (χ0) is 21.8. The molecule has 2 fully saturated rings. The predicted molar refractivity (Wildman–Crippen MR) is 135 cm³/mol. The van der Waals surface area contributed by atoms with Gasteiger partial charge in [-0.3, -0.25) is 0 Å². The highest BCUT2D eigenvalue weighted by Crippen LogP contribution is 2.50. The lowest BCUT2D eigenvalue weighted by Gasteiger charge is -2.33. The third kappa shape index (κ3) is 5.11. The molecule has 1 aromatic carbocycles. The van der Waals surface area contributed by atoms with Crippen LogP contribution in [0.3, 0.4) is 0 Å². The molecular formula is C29H46N2. The first kappa shape index (κ1) is 23.1. The Morgan fingerprint density at radius 3 is 1.87 bits per heavy atom. The third-order valence-corrected chi connectivity index (χ3v) is 8.10. The molecule has 3 aliphatic rings. The number of allylic oxidation sites excluding steroid dienone is 1. The molecule has 0 unspecified atom stereocenters. The Hall–Kier alpha value is -1.12. The molecule has 172 valence electrons. The maximum atomic E-state index is 3.83. The summed E-state index contributed by atoms with van der Waals surface area (Å²) in [5, 5.41) is 7.66. The molecule has 0 amide bonds. The minimum atomic E-state index is 0.0708. The summed E-state index contributed by atoms with van der Waals surface area (Å²) < 4.78 is 0. The van der Waals surface area contributed by atoms with Crippen molar-refractivity contribution in [2.45, 2.75) is 115 Å². The smallest absolute Gasteiger partial charge is 0.0393 e. The van der Waals surface area contributed by atoms with Gasteiger partial charge in [-0.1, -0.05) is 90.5 Å². The normalized spacial score (nSPS) is 22.2. The van der Waals surface area contributed by atoms with Gasteiger partial charge in [0.25, 0.3) is 0 Å². The minimum Gasteiger partial charge on any atom is -0.313 e. The average Bonchev–Trinajstić information content (AvgIpc) is 3.13. The summed E-state index contributed by atoms with van der Waals surface area (Å²) >= 11 is 0. The third-order valence-electron chi connectivity index (χ3n) is 8.10. The Balaban J connectivity index is 1.79. The van der Waals surface area contributed by atoms with Crippen LogP contribution in [0.15, 0.2) is 24.3 Å². The monoisotopic (exact) mass is 422 g/mol. The standard InChI is InChI=1S/C29H46N2/c1-21(2)30-19-29(20-31-22(3)4)18-26(24-14-9-6-10-15-24)28-25(16-11-17-27(28)29)23-12-7-5-8-13-23/h11,16-18,21-24,30-31H,5-10,12-15,19-20H2,1-4H3. The highest BCUT2D eigenvalue weighted by molar-refractivity contribution is 5.81. The number of nitrogens with one attached hydrogen (secondary N) is 2. The van der Waals surface area contributed by atoms with Crippen molar-refractivity contribution < 1.29 is 0 Å². The minimum absolute atomic E-state index is 0.0708. The van der Waals surface area contributed by atoms with Crippen LogP contribution in [0.5, 0.6) is 0 Å². The molecule has 2 saturated carbocycles. The SMILES string of the molecule is CC(C)NCC1(CNC(C)C)C=C(C2CCCCC2)c2c(C3CCCCC3)cccc21. The first-order chi connectivity index (χ1) is 15.0. The molecule has 0 aliphatic heterocycles.